The molecule has 1 aromatic carbocycles. The van der Waals surface area contributed by atoms with Gasteiger partial charge in [0.25, 0.3) is 0 Å². The molecular formula is C24H20F2O10. The van der Waals surface area contributed by atoms with E-state index in [4.69, 9.17) is 9.47 Å². The van der Waals surface area contributed by atoms with Crippen molar-refractivity contribution in [2.24, 2.45) is 23.7 Å². The number of ether oxygens (including phenoxy) is 2. The number of allylic oxidation sites excluding steroid dienone is 2. The molecule has 0 radical (unpaired) electrons. The molecular weight excluding hydrogens is 486 g/mol. The Morgan fingerprint density at radius 1 is 0.667 bits per heavy atom. The number of carbonyl (C=O) groups is 6. The molecule has 0 aliphatic heterocycles. The van der Waals surface area contributed by atoms with Gasteiger partial charge in [-0.2, -0.15) is 0 Å². The summed E-state index contributed by atoms with van der Waals surface area (Å²) in [5.74, 6) is -14.1. The van der Waals surface area contributed by atoms with Crippen LogP contribution in [-0.2, 0) is 28.7 Å². The van der Waals surface area contributed by atoms with Gasteiger partial charge in [-0.15, -0.1) is 0 Å². The maximum Gasteiger partial charge on any atom is 0.346 e. The summed E-state index contributed by atoms with van der Waals surface area (Å²) < 4.78 is 36.5. The van der Waals surface area contributed by atoms with Crippen molar-refractivity contribution in [3.8, 4) is 0 Å². The standard InChI is InChI=1S/C24H20F2O10/c25-11-5-7-15(17(9-11)19(27)28)23(33)35-21(31)13-3-1-2-4-14(13)22(32)36-24(34)16-8-6-12(26)10-18(16)20(29)30/h1-8,11-12,15-18H,9-10H2,(H,27,28)(H,29,30). The predicted octanol–water partition coefficient (Wildman–Crippen LogP) is 2.28. The zero-order chi connectivity index (χ0) is 26.6. The van der Waals surface area contributed by atoms with Gasteiger partial charge in [-0.05, 0) is 25.0 Å². The molecule has 36 heavy (non-hydrogen) atoms. The number of esters is 4. The Kier molecular flexibility index (Phi) is 8.07. The quantitative estimate of drug-likeness (QED) is 0.333. The van der Waals surface area contributed by atoms with E-state index in [1.807, 2.05) is 0 Å². The maximum atomic E-state index is 13.5. The lowest BCUT2D eigenvalue weighted by molar-refractivity contribution is -0.153. The van der Waals surface area contributed by atoms with E-state index in [0.717, 1.165) is 36.4 Å². The van der Waals surface area contributed by atoms with Crippen LogP contribution in [0.4, 0.5) is 8.78 Å². The average Bonchev–Trinajstić information content (AvgIpc) is 2.83. The van der Waals surface area contributed by atoms with E-state index < -0.39 is 95.8 Å². The van der Waals surface area contributed by atoms with Crippen molar-refractivity contribution >= 4 is 35.8 Å². The van der Waals surface area contributed by atoms with Crippen molar-refractivity contribution in [1.29, 1.82) is 0 Å². The molecule has 1 aromatic rings. The van der Waals surface area contributed by atoms with Gasteiger partial charge in [0.2, 0.25) is 0 Å². The Morgan fingerprint density at radius 3 is 1.36 bits per heavy atom. The van der Waals surface area contributed by atoms with Crippen molar-refractivity contribution in [3.05, 3.63) is 59.7 Å². The number of carboxylic acid groups (broad SMARTS) is 2. The van der Waals surface area contributed by atoms with Crippen molar-refractivity contribution in [3.63, 3.8) is 0 Å². The Labute approximate surface area is 202 Å². The topological polar surface area (TPSA) is 161 Å². The van der Waals surface area contributed by atoms with Crippen LogP contribution in [0.1, 0.15) is 33.6 Å². The van der Waals surface area contributed by atoms with Crippen LogP contribution >= 0.6 is 0 Å². The Morgan fingerprint density at radius 2 is 1.03 bits per heavy atom. The third-order valence-electron chi connectivity index (χ3n) is 5.81. The van der Waals surface area contributed by atoms with E-state index in [-0.39, 0.29) is 0 Å². The minimum Gasteiger partial charge on any atom is -0.481 e. The van der Waals surface area contributed by atoms with Crippen LogP contribution in [0.3, 0.4) is 0 Å². The van der Waals surface area contributed by atoms with Gasteiger partial charge in [-0.1, -0.05) is 36.4 Å². The molecule has 2 aliphatic rings. The molecule has 0 saturated heterocycles. The molecule has 0 fully saturated rings. The van der Waals surface area contributed by atoms with Crippen molar-refractivity contribution in [2.75, 3.05) is 0 Å². The summed E-state index contributed by atoms with van der Waals surface area (Å²) in [7, 11) is 0. The Bertz CT molecular complexity index is 1070. The molecule has 6 atom stereocenters. The average molecular weight is 506 g/mol. The second-order valence-corrected chi connectivity index (χ2v) is 8.18. The summed E-state index contributed by atoms with van der Waals surface area (Å²) in [5.41, 5.74) is -1.01. The molecule has 0 bridgehead atoms. The number of benzene rings is 1. The van der Waals surface area contributed by atoms with Gasteiger partial charge in [0.05, 0.1) is 34.8 Å². The molecule has 0 amide bonds. The van der Waals surface area contributed by atoms with Gasteiger partial charge in [0.15, 0.2) is 0 Å². The second-order valence-electron chi connectivity index (χ2n) is 8.18. The van der Waals surface area contributed by atoms with Crippen LogP contribution in [0.5, 0.6) is 0 Å². The molecule has 3 rings (SSSR count). The SMILES string of the molecule is O=C(OC(=O)C1C=CC(F)CC1C(=O)O)c1ccccc1C(=O)OC(=O)C1C=CC(F)CC1C(=O)O. The second kappa shape index (κ2) is 11.0. The third kappa shape index (κ3) is 5.88. The molecule has 0 spiro atoms. The zero-order valence-corrected chi connectivity index (χ0v) is 18.4. The largest absolute Gasteiger partial charge is 0.481 e. The number of aliphatic carboxylic acids is 2. The van der Waals surface area contributed by atoms with Gasteiger partial charge in [0.1, 0.15) is 12.3 Å². The number of carbonyl (C=O) groups excluding carboxylic acids is 4. The van der Waals surface area contributed by atoms with Crippen molar-refractivity contribution < 1.29 is 57.2 Å². The molecule has 6 unspecified atom stereocenters. The summed E-state index contributed by atoms with van der Waals surface area (Å²) >= 11 is 0. The summed E-state index contributed by atoms with van der Waals surface area (Å²) in [6.07, 6.45) is -0.255. The highest BCUT2D eigenvalue weighted by atomic mass is 19.1. The number of rotatable bonds is 6. The molecule has 0 aromatic heterocycles. The summed E-state index contributed by atoms with van der Waals surface area (Å²) in [6.45, 7) is 0. The van der Waals surface area contributed by atoms with Crippen molar-refractivity contribution in [2.45, 2.75) is 25.2 Å². The van der Waals surface area contributed by atoms with E-state index in [1.165, 1.54) is 12.1 Å². The van der Waals surface area contributed by atoms with Gasteiger partial charge >= 0.3 is 35.8 Å². The Hall–Kier alpha value is -4.22. The Balaban J connectivity index is 1.76. The first-order valence-corrected chi connectivity index (χ1v) is 10.7. The molecule has 0 heterocycles. The van der Waals surface area contributed by atoms with E-state index >= 15 is 0 Å². The highest BCUT2D eigenvalue weighted by Crippen LogP contribution is 2.30. The summed E-state index contributed by atoms with van der Waals surface area (Å²) in [5, 5.41) is 18.5. The fourth-order valence-corrected chi connectivity index (χ4v) is 3.95. The van der Waals surface area contributed by atoms with Gasteiger partial charge < -0.3 is 19.7 Å². The van der Waals surface area contributed by atoms with E-state index in [0.29, 0.717) is 0 Å². The third-order valence-corrected chi connectivity index (χ3v) is 5.81. The van der Waals surface area contributed by atoms with E-state index in [1.54, 1.807) is 0 Å². The molecule has 2 N–H and O–H groups in total. The first-order chi connectivity index (χ1) is 17.0. The molecule has 190 valence electrons. The monoisotopic (exact) mass is 506 g/mol. The number of carboxylic acids is 2. The first-order valence-electron chi connectivity index (χ1n) is 10.7. The lowest BCUT2D eigenvalue weighted by Crippen LogP contribution is -2.36. The number of alkyl halides is 2. The van der Waals surface area contributed by atoms with Crippen LogP contribution in [0.25, 0.3) is 0 Å². The first kappa shape index (κ1) is 26.4. The maximum absolute atomic E-state index is 13.5. The van der Waals surface area contributed by atoms with Crippen molar-refractivity contribution in [1.82, 2.24) is 0 Å². The minimum absolute atomic E-state index is 0.499. The predicted molar refractivity (Wildman–Crippen MR) is 114 cm³/mol. The normalized spacial score (nSPS) is 27.1. The molecule has 2 aliphatic carbocycles. The van der Waals surface area contributed by atoms with Crippen LogP contribution in [0.15, 0.2) is 48.6 Å². The zero-order valence-electron chi connectivity index (χ0n) is 18.4. The molecule has 12 heteroatoms. The van der Waals surface area contributed by atoms with E-state index in [9.17, 15) is 47.8 Å². The number of halogens is 2. The lowest BCUT2D eigenvalue weighted by Gasteiger charge is -2.24. The lowest BCUT2D eigenvalue weighted by atomic mass is 9.83. The molecule has 0 saturated carbocycles. The fourth-order valence-electron chi connectivity index (χ4n) is 3.95. The minimum atomic E-state index is -1.59. The highest BCUT2D eigenvalue weighted by molar-refractivity contribution is 6.08. The summed E-state index contributed by atoms with van der Waals surface area (Å²) in [4.78, 5) is 72.9. The summed E-state index contributed by atoms with van der Waals surface area (Å²) in [6, 6.07) is 4.77. The number of hydrogen-bond donors (Lipinski definition) is 2. The van der Waals surface area contributed by atoms with Gasteiger partial charge in [-0.25, -0.2) is 18.4 Å². The van der Waals surface area contributed by atoms with Crippen LogP contribution in [0.2, 0.25) is 0 Å². The smallest absolute Gasteiger partial charge is 0.346 e. The van der Waals surface area contributed by atoms with Gasteiger partial charge in [0, 0.05) is 0 Å². The van der Waals surface area contributed by atoms with Crippen LogP contribution < -0.4 is 0 Å². The fraction of sp³-hybridized carbons (Fsp3) is 0.333. The van der Waals surface area contributed by atoms with Crippen LogP contribution in [-0.4, -0.2) is 58.4 Å². The van der Waals surface area contributed by atoms with E-state index in [2.05, 4.69) is 0 Å². The number of hydrogen-bond acceptors (Lipinski definition) is 8. The van der Waals surface area contributed by atoms with Gasteiger partial charge in [-0.3, -0.25) is 19.2 Å². The van der Waals surface area contributed by atoms with Crippen LogP contribution in [0, 0.1) is 23.7 Å². The molecule has 10 nitrogen and oxygen atoms in total. The highest BCUT2D eigenvalue weighted by Gasteiger charge is 2.40.